The van der Waals surface area contributed by atoms with E-state index in [4.69, 9.17) is 9.47 Å². The summed E-state index contributed by atoms with van der Waals surface area (Å²) in [5.74, 6) is -1.02. The molecule has 0 radical (unpaired) electrons. The number of hydrogen-bond acceptors (Lipinski definition) is 5. The first-order chi connectivity index (χ1) is 14.7. The summed E-state index contributed by atoms with van der Waals surface area (Å²) in [5, 5.41) is 0. The predicted molar refractivity (Wildman–Crippen MR) is 119 cm³/mol. The van der Waals surface area contributed by atoms with Gasteiger partial charge in [0.05, 0.1) is 24.3 Å². The molecule has 0 N–H and O–H groups in total. The van der Waals surface area contributed by atoms with E-state index < -0.39 is 11.9 Å². The topological polar surface area (TPSA) is 55.8 Å². The molecule has 2 aromatic carbocycles. The van der Waals surface area contributed by atoms with Crippen molar-refractivity contribution >= 4 is 18.0 Å². The Morgan fingerprint density at radius 2 is 1.30 bits per heavy atom. The van der Waals surface area contributed by atoms with Crippen LogP contribution < -0.4 is 0 Å². The molecule has 0 spiro atoms. The minimum atomic E-state index is -0.508. The predicted octanol–water partition coefficient (Wildman–Crippen LogP) is 5.18. The summed E-state index contributed by atoms with van der Waals surface area (Å²) in [5.41, 5.74) is 1.77. The maximum absolute atomic E-state index is 11.5. The van der Waals surface area contributed by atoms with Crippen LogP contribution in [0.2, 0.25) is 0 Å². The van der Waals surface area contributed by atoms with Gasteiger partial charge >= 0.3 is 11.9 Å². The van der Waals surface area contributed by atoms with Crippen molar-refractivity contribution in [2.45, 2.75) is 33.1 Å². The van der Waals surface area contributed by atoms with Crippen LogP contribution in [-0.2, 0) is 9.47 Å². The van der Waals surface area contributed by atoms with Crippen LogP contribution in [0.5, 0.6) is 0 Å². The molecule has 5 heteroatoms. The van der Waals surface area contributed by atoms with Gasteiger partial charge in [-0.1, -0.05) is 42.5 Å². The Hall–Kier alpha value is -3.08. The van der Waals surface area contributed by atoms with Crippen LogP contribution in [0, 0.1) is 0 Å². The van der Waals surface area contributed by atoms with Crippen molar-refractivity contribution in [2.24, 2.45) is 0 Å². The number of carbonyl (C=O) groups is 2. The number of ether oxygens (including phenoxy) is 2. The average molecular weight is 410 g/mol. The summed E-state index contributed by atoms with van der Waals surface area (Å²) in [4.78, 5) is 25.5. The van der Waals surface area contributed by atoms with Gasteiger partial charge in [-0.2, -0.15) is 0 Å². The van der Waals surface area contributed by atoms with Gasteiger partial charge in [0, 0.05) is 13.1 Å². The van der Waals surface area contributed by atoms with Crippen molar-refractivity contribution in [1.29, 1.82) is 0 Å². The fourth-order valence-corrected chi connectivity index (χ4v) is 3.08. The normalized spacial score (nSPS) is 13.3. The highest BCUT2D eigenvalue weighted by molar-refractivity contribution is 6.03. The van der Waals surface area contributed by atoms with E-state index in [0.29, 0.717) is 0 Å². The summed E-state index contributed by atoms with van der Waals surface area (Å²) >= 11 is 0. The van der Waals surface area contributed by atoms with E-state index >= 15 is 0 Å². The van der Waals surface area contributed by atoms with E-state index in [1.54, 1.807) is 38.1 Å². The quantitative estimate of drug-likeness (QED) is 0.615. The summed E-state index contributed by atoms with van der Waals surface area (Å²) in [7, 11) is 0. The average Bonchev–Trinajstić information content (AvgIpc) is 2.80. The minimum absolute atomic E-state index is 0.239. The molecule has 0 amide bonds. The van der Waals surface area contributed by atoms with Crippen LogP contribution in [0.4, 0.5) is 0 Å². The van der Waals surface area contributed by atoms with Crippen LogP contribution in [0.3, 0.4) is 0 Å². The number of carbonyl (C=O) groups excluding carboxylic acids is 2. The molecule has 3 rings (SSSR count). The van der Waals surface area contributed by atoms with Gasteiger partial charge in [0.1, 0.15) is 0 Å². The Balaban J connectivity index is 0.000000215. The molecule has 0 aliphatic carbocycles. The fraction of sp³-hybridized carbons (Fsp3) is 0.360. The molecule has 1 saturated heterocycles. The third kappa shape index (κ3) is 7.74. The number of piperidine rings is 1. The molecule has 0 aromatic heterocycles. The maximum Gasteiger partial charge on any atom is 0.338 e. The van der Waals surface area contributed by atoms with Crippen molar-refractivity contribution < 1.29 is 19.1 Å². The second-order valence-electron chi connectivity index (χ2n) is 6.81. The van der Waals surface area contributed by atoms with Crippen LogP contribution in [-0.4, -0.2) is 43.1 Å². The van der Waals surface area contributed by atoms with Gasteiger partial charge in [-0.15, -0.1) is 0 Å². The molecule has 0 atom stereocenters. The van der Waals surface area contributed by atoms with Crippen LogP contribution in [0.15, 0.2) is 60.8 Å². The molecule has 2 aromatic rings. The highest BCUT2D eigenvalue weighted by Crippen LogP contribution is 2.12. The molecule has 1 heterocycles. The first-order valence-corrected chi connectivity index (χ1v) is 10.6. The van der Waals surface area contributed by atoms with Gasteiger partial charge in [0.25, 0.3) is 0 Å². The molecule has 5 nitrogen and oxygen atoms in total. The number of esters is 2. The third-order valence-electron chi connectivity index (χ3n) is 4.59. The number of rotatable bonds is 6. The molecule has 0 bridgehead atoms. The summed E-state index contributed by atoms with van der Waals surface area (Å²) in [6, 6.07) is 16.9. The van der Waals surface area contributed by atoms with E-state index in [-0.39, 0.29) is 24.3 Å². The SMILES string of the molecule is C(=CN1CCCCC1)c1ccccc1.CCOC(=O)c1ccccc1C(=O)OCC. The van der Waals surface area contributed by atoms with Crippen LogP contribution in [0.25, 0.3) is 6.08 Å². The lowest BCUT2D eigenvalue weighted by Crippen LogP contribution is -2.23. The first-order valence-electron chi connectivity index (χ1n) is 10.6. The lowest BCUT2D eigenvalue weighted by atomic mass is 10.1. The summed E-state index contributed by atoms with van der Waals surface area (Å²) in [6.07, 6.45) is 8.52. The van der Waals surface area contributed by atoms with Gasteiger partial charge in [0.2, 0.25) is 0 Å². The number of benzene rings is 2. The molecule has 0 saturated carbocycles. The lowest BCUT2D eigenvalue weighted by Gasteiger charge is -2.24. The maximum atomic E-state index is 11.5. The zero-order valence-corrected chi connectivity index (χ0v) is 17.9. The molecule has 160 valence electrons. The zero-order valence-electron chi connectivity index (χ0n) is 17.9. The summed E-state index contributed by atoms with van der Waals surface area (Å²) in [6.45, 7) is 6.43. The van der Waals surface area contributed by atoms with Gasteiger partial charge in [-0.3, -0.25) is 0 Å². The largest absolute Gasteiger partial charge is 0.462 e. The molecule has 30 heavy (non-hydrogen) atoms. The fourth-order valence-electron chi connectivity index (χ4n) is 3.08. The Bertz CT molecular complexity index is 774. The minimum Gasteiger partial charge on any atom is -0.462 e. The number of likely N-dealkylation sites (tertiary alicyclic amines) is 1. The Morgan fingerprint density at radius 1 is 0.800 bits per heavy atom. The Labute approximate surface area is 179 Å². The monoisotopic (exact) mass is 409 g/mol. The zero-order chi connectivity index (χ0) is 21.6. The highest BCUT2D eigenvalue weighted by Gasteiger charge is 2.17. The van der Waals surface area contributed by atoms with Gasteiger partial charge in [-0.25, -0.2) is 9.59 Å². The van der Waals surface area contributed by atoms with Crippen molar-refractivity contribution in [1.82, 2.24) is 4.90 Å². The molecule has 0 unspecified atom stereocenters. The van der Waals surface area contributed by atoms with Crippen LogP contribution >= 0.6 is 0 Å². The number of hydrogen-bond donors (Lipinski definition) is 0. The highest BCUT2D eigenvalue weighted by atomic mass is 16.5. The Morgan fingerprint density at radius 3 is 1.80 bits per heavy atom. The molecular formula is C25H31NO4. The Kier molecular flexibility index (Phi) is 10.2. The van der Waals surface area contributed by atoms with Gasteiger partial charge in [0.15, 0.2) is 0 Å². The summed E-state index contributed by atoms with van der Waals surface area (Å²) < 4.78 is 9.70. The van der Waals surface area contributed by atoms with Gasteiger partial charge in [-0.05, 0) is 63.1 Å². The first kappa shape index (κ1) is 23.2. The van der Waals surface area contributed by atoms with Gasteiger partial charge < -0.3 is 14.4 Å². The van der Waals surface area contributed by atoms with Crippen LogP contribution in [0.1, 0.15) is 59.4 Å². The van der Waals surface area contributed by atoms with E-state index in [1.165, 1.54) is 37.9 Å². The van der Waals surface area contributed by atoms with Crippen molar-refractivity contribution in [2.75, 3.05) is 26.3 Å². The second kappa shape index (κ2) is 13.2. The standard InChI is InChI=1S/C13H17N.C12H14O4/c1-3-7-13(8-4-1)9-12-14-10-5-2-6-11-14;1-3-15-11(13)9-7-5-6-8-10(9)12(14)16-4-2/h1,3-4,7-9,12H,2,5-6,10-11H2;5-8H,3-4H2,1-2H3. The second-order valence-corrected chi connectivity index (χ2v) is 6.81. The third-order valence-corrected chi connectivity index (χ3v) is 4.59. The molecule has 1 fully saturated rings. The number of nitrogens with zero attached hydrogens (tertiary/aromatic N) is 1. The molecule has 1 aliphatic rings. The van der Waals surface area contributed by atoms with E-state index in [2.05, 4.69) is 47.5 Å². The molecular weight excluding hydrogens is 378 g/mol. The smallest absolute Gasteiger partial charge is 0.338 e. The van der Waals surface area contributed by atoms with Crippen molar-refractivity contribution in [3.05, 3.63) is 77.5 Å². The van der Waals surface area contributed by atoms with E-state index in [0.717, 1.165) is 0 Å². The van der Waals surface area contributed by atoms with Crippen molar-refractivity contribution in [3.8, 4) is 0 Å². The lowest BCUT2D eigenvalue weighted by molar-refractivity contribution is 0.0479. The molecule has 1 aliphatic heterocycles. The van der Waals surface area contributed by atoms with Crippen molar-refractivity contribution in [3.63, 3.8) is 0 Å². The van der Waals surface area contributed by atoms with E-state index in [9.17, 15) is 9.59 Å². The van der Waals surface area contributed by atoms with E-state index in [1.807, 2.05) is 0 Å².